The maximum absolute atomic E-state index is 12.3. The molecule has 0 fully saturated rings. The number of ether oxygens (including phenoxy) is 1. The van der Waals surface area contributed by atoms with Crippen molar-refractivity contribution in [1.82, 2.24) is 10.6 Å². The molecule has 3 aromatic rings. The summed E-state index contributed by atoms with van der Waals surface area (Å²) in [5, 5.41) is 6.28. The van der Waals surface area contributed by atoms with Crippen molar-refractivity contribution in [3.63, 3.8) is 0 Å². The number of benzene rings is 3. The highest BCUT2D eigenvalue weighted by molar-refractivity contribution is 5.79. The van der Waals surface area contributed by atoms with Gasteiger partial charge in [0.25, 0.3) is 0 Å². The highest BCUT2D eigenvalue weighted by Crippen LogP contribution is 2.44. The third kappa shape index (κ3) is 4.32. The highest BCUT2D eigenvalue weighted by atomic mass is 16.5. The number of hydrogen-bond acceptors (Lipinski definition) is 3. The number of carbonyl (C=O) groups excluding carboxylic acids is 1. The van der Waals surface area contributed by atoms with Crippen LogP contribution in [0.3, 0.4) is 0 Å². The molecule has 2 aliphatic rings. The fourth-order valence-corrected chi connectivity index (χ4v) is 4.73. The molecular weight excluding hydrogens is 396 g/mol. The van der Waals surface area contributed by atoms with E-state index in [1.54, 1.807) is 0 Å². The molecule has 0 bridgehead atoms. The molecule has 0 spiro atoms. The molecule has 3 aromatic carbocycles. The Labute approximate surface area is 189 Å². The summed E-state index contributed by atoms with van der Waals surface area (Å²) < 4.78 is 5.59. The quantitative estimate of drug-likeness (QED) is 0.530. The highest BCUT2D eigenvalue weighted by Gasteiger charge is 2.28. The molecule has 32 heavy (non-hydrogen) atoms. The summed E-state index contributed by atoms with van der Waals surface area (Å²) in [6.07, 6.45) is 5.72. The summed E-state index contributed by atoms with van der Waals surface area (Å²) in [6, 6.07) is 23.4. The van der Waals surface area contributed by atoms with Gasteiger partial charge in [0.15, 0.2) is 0 Å². The minimum atomic E-state index is -0.361. The number of fused-ring (bicyclic) bond motifs is 4. The van der Waals surface area contributed by atoms with Gasteiger partial charge in [-0.05, 0) is 58.3 Å². The Bertz CT molecular complexity index is 1110. The molecule has 1 aliphatic carbocycles. The van der Waals surface area contributed by atoms with Gasteiger partial charge in [-0.3, -0.25) is 0 Å². The first-order valence-electron chi connectivity index (χ1n) is 11.4. The Morgan fingerprint density at radius 3 is 2.53 bits per heavy atom. The predicted octanol–water partition coefficient (Wildman–Crippen LogP) is 5.27. The van der Waals surface area contributed by atoms with Crippen molar-refractivity contribution in [1.29, 1.82) is 0 Å². The third-order valence-electron chi connectivity index (χ3n) is 6.35. The normalized spacial score (nSPS) is 14.6. The largest absolute Gasteiger partial charge is 0.449 e. The molecule has 0 unspecified atom stereocenters. The number of alkyl carbamates (subject to hydrolysis) is 1. The van der Waals surface area contributed by atoms with E-state index in [4.69, 9.17) is 4.74 Å². The average Bonchev–Trinajstić information content (AvgIpc) is 3.16. The second kappa shape index (κ2) is 9.41. The van der Waals surface area contributed by atoms with Crippen LogP contribution >= 0.6 is 0 Å². The van der Waals surface area contributed by atoms with Crippen LogP contribution in [0.25, 0.3) is 17.2 Å². The van der Waals surface area contributed by atoms with Gasteiger partial charge in [-0.15, -0.1) is 0 Å². The lowest BCUT2D eigenvalue weighted by Gasteiger charge is -2.17. The number of hydrogen-bond donors (Lipinski definition) is 2. The Hall–Kier alpha value is -3.37. The first kappa shape index (κ1) is 20.5. The summed E-state index contributed by atoms with van der Waals surface area (Å²) in [5.41, 5.74) is 8.95. The number of carbonyl (C=O) groups is 1. The van der Waals surface area contributed by atoms with Crippen LogP contribution in [-0.2, 0) is 17.7 Å². The smallest absolute Gasteiger partial charge is 0.407 e. The van der Waals surface area contributed by atoms with Crippen molar-refractivity contribution >= 4 is 12.2 Å². The lowest BCUT2D eigenvalue weighted by molar-refractivity contribution is 0.143. The van der Waals surface area contributed by atoms with E-state index in [2.05, 4.69) is 77.4 Å². The lowest BCUT2D eigenvalue weighted by atomic mass is 9.98. The molecule has 1 amide bonds. The average molecular weight is 425 g/mol. The molecule has 1 heterocycles. The Balaban J connectivity index is 1.10. The Morgan fingerprint density at radius 2 is 1.75 bits per heavy atom. The van der Waals surface area contributed by atoms with Gasteiger partial charge < -0.3 is 15.4 Å². The first-order chi connectivity index (χ1) is 15.8. The molecule has 0 aromatic heterocycles. The van der Waals surface area contributed by atoms with Crippen molar-refractivity contribution in [2.45, 2.75) is 25.3 Å². The summed E-state index contributed by atoms with van der Waals surface area (Å²) in [4.78, 5) is 12.3. The van der Waals surface area contributed by atoms with Crippen molar-refractivity contribution in [3.8, 4) is 11.1 Å². The zero-order valence-electron chi connectivity index (χ0n) is 18.1. The molecule has 4 nitrogen and oxygen atoms in total. The Morgan fingerprint density at radius 1 is 1.00 bits per heavy atom. The lowest BCUT2D eigenvalue weighted by Crippen LogP contribution is -2.26. The van der Waals surface area contributed by atoms with E-state index < -0.39 is 0 Å². The van der Waals surface area contributed by atoms with Gasteiger partial charge >= 0.3 is 6.09 Å². The van der Waals surface area contributed by atoms with E-state index >= 15 is 0 Å². The third-order valence-corrected chi connectivity index (χ3v) is 6.35. The monoisotopic (exact) mass is 424 g/mol. The molecule has 2 N–H and O–H groups in total. The second-order valence-electron chi connectivity index (χ2n) is 8.40. The number of nitrogens with one attached hydrogen (secondary N) is 2. The second-order valence-corrected chi connectivity index (χ2v) is 8.40. The van der Waals surface area contributed by atoms with Crippen molar-refractivity contribution in [3.05, 3.63) is 101 Å². The number of rotatable bonds is 6. The van der Waals surface area contributed by atoms with E-state index in [1.165, 1.54) is 38.9 Å². The van der Waals surface area contributed by atoms with Gasteiger partial charge in [0.05, 0.1) is 0 Å². The summed E-state index contributed by atoms with van der Waals surface area (Å²) >= 11 is 0. The Kier molecular flexibility index (Phi) is 6.04. The van der Waals surface area contributed by atoms with Crippen LogP contribution in [0.15, 0.2) is 72.8 Å². The van der Waals surface area contributed by atoms with Crippen LogP contribution in [0.2, 0.25) is 0 Å². The SMILES string of the molecule is O=C(NCCC=Cc1ccc2c(c1)CNCC2)OCC1c2ccccc2-c2ccccc21. The standard InChI is InChI=1S/C28H28N2O2/c31-28(30-15-6-5-7-20-12-13-21-14-16-29-18-22(21)17-20)32-19-27-25-10-3-1-8-23(25)24-9-2-4-11-26(24)27/h1-5,7-13,17,27,29H,6,14-16,18-19H2,(H,30,31). The molecule has 162 valence electrons. The minimum Gasteiger partial charge on any atom is -0.449 e. The van der Waals surface area contributed by atoms with Gasteiger partial charge in [0, 0.05) is 19.0 Å². The van der Waals surface area contributed by atoms with Crippen LogP contribution in [0, 0.1) is 0 Å². The molecule has 1 aliphatic heterocycles. The molecule has 0 atom stereocenters. The van der Waals surface area contributed by atoms with Crippen molar-refractivity contribution in [2.75, 3.05) is 19.7 Å². The van der Waals surface area contributed by atoms with E-state index in [0.29, 0.717) is 13.2 Å². The maximum atomic E-state index is 12.3. The first-order valence-corrected chi connectivity index (χ1v) is 11.4. The van der Waals surface area contributed by atoms with E-state index in [-0.39, 0.29) is 12.0 Å². The molecule has 0 saturated heterocycles. The summed E-state index contributed by atoms with van der Waals surface area (Å²) in [7, 11) is 0. The summed E-state index contributed by atoms with van der Waals surface area (Å²) in [5.74, 6) is 0.0894. The van der Waals surface area contributed by atoms with Crippen molar-refractivity contribution < 1.29 is 9.53 Å². The van der Waals surface area contributed by atoms with Gasteiger partial charge in [-0.2, -0.15) is 0 Å². The molecule has 0 saturated carbocycles. The summed E-state index contributed by atoms with van der Waals surface area (Å²) in [6.45, 7) is 2.91. The zero-order valence-corrected chi connectivity index (χ0v) is 18.1. The van der Waals surface area contributed by atoms with Crippen molar-refractivity contribution in [2.24, 2.45) is 0 Å². The molecule has 5 rings (SSSR count). The number of amides is 1. The van der Waals surface area contributed by atoms with Gasteiger partial charge in [-0.1, -0.05) is 78.9 Å². The van der Waals surface area contributed by atoms with Crippen LogP contribution in [0.5, 0.6) is 0 Å². The fraction of sp³-hybridized carbons (Fsp3) is 0.250. The minimum absolute atomic E-state index is 0.0894. The van der Waals surface area contributed by atoms with Gasteiger partial charge in [0.1, 0.15) is 6.61 Å². The van der Waals surface area contributed by atoms with E-state index in [0.717, 1.165) is 25.9 Å². The van der Waals surface area contributed by atoms with Crippen LogP contribution in [-0.4, -0.2) is 25.8 Å². The van der Waals surface area contributed by atoms with E-state index in [1.807, 2.05) is 12.1 Å². The van der Waals surface area contributed by atoms with Gasteiger partial charge in [-0.25, -0.2) is 4.79 Å². The van der Waals surface area contributed by atoms with Crippen LogP contribution < -0.4 is 10.6 Å². The molecule has 4 heteroatoms. The molecule has 0 radical (unpaired) electrons. The zero-order chi connectivity index (χ0) is 21.8. The molecular formula is C28H28N2O2. The fourth-order valence-electron chi connectivity index (χ4n) is 4.73. The van der Waals surface area contributed by atoms with Crippen LogP contribution in [0.4, 0.5) is 4.79 Å². The van der Waals surface area contributed by atoms with Gasteiger partial charge in [0.2, 0.25) is 0 Å². The predicted molar refractivity (Wildman–Crippen MR) is 129 cm³/mol. The van der Waals surface area contributed by atoms with E-state index in [9.17, 15) is 4.79 Å². The van der Waals surface area contributed by atoms with Crippen LogP contribution in [0.1, 0.15) is 40.2 Å². The maximum Gasteiger partial charge on any atom is 0.407 e. The topological polar surface area (TPSA) is 50.4 Å².